The van der Waals surface area contributed by atoms with Gasteiger partial charge in [-0.3, -0.25) is 19.2 Å². The maximum absolute atomic E-state index is 13.0. The Kier molecular flexibility index (Phi) is 8.78. The van der Waals surface area contributed by atoms with Crippen LogP contribution >= 0.6 is 0 Å². The predicted octanol–water partition coefficient (Wildman–Crippen LogP) is -0.696. The van der Waals surface area contributed by atoms with Crippen molar-refractivity contribution in [3.05, 3.63) is 0 Å². The van der Waals surface area contributed by atoms with Gasteiger partial charge in [-0.05, 0) is 44.6 Å². The van der Waals surface area contributed by atoms with E-state index in [1.54, 1.807) is 13.8 Å². The fraction of sp³-hybridized carbons (Fsp3) is 0.750. The number of carbonyl (C=O) groups is 5. The van der Waals surface area contributed by atoms with E-state index < -0.39 is 47.9 Å². The molecule has 174 valence electrons. The van der Waals surface area contributed by atoms with Crippen molar-refractivity contribution in [3.8, 4) is 0 Å². The number of carbonyl (C=O) groups excluding carboxylic acids is 3. The molecule has 0 bridgehead atoms. The number of nitrogens with zero attached hydrogens (tertiary/aromatic N) is 1. The lowest BCUT2D eigenvalue weighted by Gasteiger charge is -2.30. The summed E-state index contributed by atoms with van der Waals surface area (Å²) < 4.78 is 0. The zero-order chi connectivity index (χ0) is 23.1. The Labute approximate surface area is 180 Å². The van der Waals surface area contributed by atoms with Crippen molar-refractivity contribution >= 4 is 29.7 Å². The van der Waals surface area contributed by atoms with Gasteiger partial charge in [0.05, 0.1) is 6.04 Å². The highest BCUT2D eigenvalue weighted by atomic mass is 16.4. The molecule has 0 aromatic heterocycles. The second kappa shape index (κ2) is 11.1. The van der Waals surface area contributed by atoms with E-state index in [-0.39, 0.29) is 24.7 Å². The van der Waals surface area contributed by atoms with E-state index in [0.717, 1.165) is 6.42 Å². The maximum Gasteiger partial charge on any atom is 0.326 e. The first-order valence-electron chi connectivity index (χ1n) is 10.7. The molecule has 0 spiro atoms. The molecule has 3 amide bonds. The summed E-state index contributed by atoms with van der Waals surface area (Å²) in [7, 11) is 0. The van der Waals surface area contributed by atoms with E-state index in [1.807, 2.05) is 0 Å². The summed E-state index contributed by atoms with van der Waals surface area (Å²) in [6.07, 6.45) is 1.91. The number of amides is 3. The molecule has 31 heavy (non-hydrogen) atoms. The molecule has 2 fully saturated rings. The SMILES string of the molecule is CC(C)C(NC(=O)C(CCC(=O)O)NC(=O)C1CCCN1)C(=O)N1CCCC1C(=O)O. The van der Waals surface area contributed by atoms with Gasteiger partial charge in [-0.1, -0.05) is 13.8 Å². The van der Waals surface area contributed by atoms with E-state index in [4.69, 9.17) is 5.11 Å². The Morgan fingerprint density at radius 2 is 1.77 bits per heavy atom. The molecule has 2 aliphatic rings. The summed E-state index contributed by atoms with van der Waals surface area (Å²) in [4.78, 5) is 62.1. The molecule has 0 aliphatic carbocycles. The molecule has 0 saturated carbocycles. The molecule has 2 heterocycles. The number of aliphatic carboxylic acids is 2. The van der Waals surface area contributed by atoms with Crippen LogP contribution < -0.4 is 16.0 Å². The van der Waals surface area contributed by atoms with Gasteiger partial charge in [-0.15, -0.1) is 0 Å². The largest absolute Gasteiger partial charge is 0.481 e. The van der Waals surface area contributed by atoms with Crippen molar-refractivity contribution < 1.29 is 34.2 Å². The number of carboxylic acid groups (broad SMARTS) is 2. The molecule has 2 rings (SSSR count). The van der Waals surface area contributed by atoms with E-state index in [0.29, 0.717) is 32.4 Å². The second-order valence-electron chi connectivity index (χ2n) is 8.40. The van der Waals surface area contributed by atoms with Crippen LogP contribution in [0.1, 0.15) is 52.4 Å². The minimum atomic E-state index is -1.12. The predicted molar refractivity (Wildman–Crippen MR) is 109 cm³/mol. The minimum Gasteiger partial charge on any atom is -0.481 e. The monoisotopic (exact) mass is 440 g/mol. The Hall–Kier alpha value is -2.69. The van der Waals surface area contributed by atoms with Crippen LogP contribution in [0.3, 0.4) is 0 Å². The summed E-state index contributed by atoms with van der Waals surface area (Å²) in [5.41, 5.74) is 0. The third-order valence-electron chi connectivity index (χ3n) is 5.71. The maximum atomic E-state index is 13.0. The van der Waals surface area contributed by atoms with Crippen molar-refractivity contribution in [2.45, 2.75) is 76.5 Å². The fourth-order valence-corrected chi connectivity index (χ4v) is 3.95. The number of rotatable bonds is 10. The van der Waals surface area contributed by atoms with Crippen LogP contribution in [0.5, 0.6) is 0 Å². The first-order chi connectivity index (χ1) is 14.6. The average molecular weight is 440 g/mol. The molecule has 11 heteroatoms. The Morgan fingerprint density at radius 1 is 1.06 bits per heavy atom. The number of hydrogen-bond donors (Lipinski definition) is 5. The summed E-state index contributed by atoms with van der Waals surface area (Å²) in [5, 5.41) is 26.6. The van der Waals surface area contributed by atoms with Gasteiger partial charge in [0.1, 0.15) is 18.1 Å². The van der Waals surface area contributed by atoms with Crippen LogP contribution in [-0.4, -0.2) is 82.0 Å². The number of likely N-dealkylation sites (tertiary alicyclic amines) is 1. The van der Waals surface area contributed by atoms with Gasteiger partial charge in [-0.25, -0.2) is 4.79 Å². The molecular weight excluding hydrogens is 408 g/mol. The van der Waals surface area contributed by atoms with Crippen LogP contribution in [-0.2, 0) is 24.0 Å². The molecular formula is C20H32N4O7. The van der Waals surface area contributed by atoms with Gasteiger partial charge < -0.3 is 31.1 Å². The summed E-state index contributed by atoms with van der Waals surface area (Å²) in [6.45, 7) is 4.43. The summed E-state index contributed by atoms with van der Waals surface area (Å²) in [5.74, 6) is -4.07. The van der Waals surface area contributed by atoms with Crippen LogP contribution in [0.2, 0.25) is 0 Å². The van der Waals surface area contributed by atoms with Crippen molar-refractivity contribution in [2.24, 2.45) is 5.92 Å². The second-order valence-corrected chi connectivity index (χ2v) is 8.40. The van der Waals surface area contributed by atoms with E-state index in [9.17, 15) is 29.1 Å². The fourth-order valence-electron chi connectivity index (χ4n) is 3.95. The number of nitrogens with one attached hydrogen (secondary N) is 3. The van der Waals surface area contributed by atoms with Gasteiger partial charge in [0, 0.05) is 13.0 Å². The summed E-state index contributed by atoms with van der Waals surface area (Å²) in [6, 6.07) is -3.47. The Bertz CT molecular complexity index is 706. The zero-order valence-electron chi connectivity index (χ0n) is 17.9. The zero-order valence-corrected chi connectivity index (χ0v) is 17.9. The first kappa shape index (κ1) is 24.6. The normalized spacial score (nSPS) is 22.7. The van der Waals surface area contributed by atoms with Gasteiger partial charge in [0.25, 0.3) is 0 Å². The Balaban J connectivity index is 2.11. The molecule has 0 aromatic rings. The van der Waals surface area contributed by atoms with Crippen molar-refractivity contribution in [2.75, 3.05) is 13.1 Å². The smallest absolute Gasteiger partial charge is 0.326 e. The number of hydrogen-bond acceptors (Lipinski definition) is 6. The van der Waals surface area contributed by atoms with Crippen molar-refractivity contribution in [1.29, 1.82) is 0 Å². The summed E-state index contributed by atoms with van der Waals surface area (Å²) >= 11 is 0. The Morgan fingerprint density at radius 3 is 2.32 bits per heavy atom. The van der Waals surface area contributed by atoms with Gasteiger partial charge in [0.2, 0.25) is 17.7 Å². The van der Waals surface area contributed by atoms with Crippen molar-refractivity contribution in [1.82, 2.24) is 20.9 Å². The van der Waals surface area contributed by atoms with E-state index >= 15 is 0 Å². The standard InChI is InChI=1S/C20H32N4O7/c1-11(2)16(19(29)24-10-4-6-14(24)20(30)31)23-18(28)13(7-8-15(25)26)22-17(27)12-5-3-9-21-12/h11-14,16,21H,3-10H2,1-2H3,(H,22,27)(H,23,28)(H,25,26)(H,30,31). The highest BCUT2D eigenvalue weighted by Gasteiger charge is 2.39. The third kappa shape index (κ3) is 6.65. The lowest BCUT2D eigenvalue weighted by Crippen LogP contribution is -2.58. The van der Waals surface area contributed by atoms with E-state index in [1.165, 1.54) is 4.90 Å². The molecule has 11 nitrogen and oxygen atoms in total. The van der Waals surface area contributed by atoms with Crippen molar-refractivity contribution in [3.63, 3.8) is 0 Å². The number of carboxylic acids is 2. The molecule has 0 radical (unpaired) electrons. The van der Waals surface area contributed by atoms with Gasteiger partial charge in [-0.2, -0.15) is 0 Å². The highest BCUT2D eigenvalue weighted by molar-refractivity contribution is 5.94. The van der Waals surface area contributed by atoms with Crippen LogP contribution in [0.15, 0.2) is 0 Å². The molecule has 4 atom stereocenters. The molecule has 0 aromatic carbocycles. The quantitative estimate of drug-likeness (QED) is 0.298. The lowest BCUT2D eigenvalue weighted by atomic mass is 10.0. The van der Waals surface area contributed by atoms with Crippen LogP contribution in [0.4, 0.5) is 0 Å². The van der Waals surface area contributed by atoms with Crippen LogP contribution in [0.25, 0.3) is 0 Å². The highest BCUT2D eigenvalue weighted by Crippen LogP contribution is 2.20. The topological polar surface area (TPSA) is 165 Å². The molecule has 2 saturated heterocycles. The average Bonchev–Trinajstić information content (AvgIpc) is 3.39. The van der Waals surface area contributed by atoms with E-state index in [2.05, 4.69) is 16.0 Å². The van der Waals surface area contributed by atoms with Crippen LogP contribution in [0, 0.1) is 5.92 Å². The lowest BCUT2D eigenvalue weighted by molar-refractivity contribution is -0.150. The molecule has 4 unspecified atom stereocenters. The first-order valence-corrected chi connectivity index (χ1v) is 10.7. The molecule has 5 N–H and O–H groups in total. The molecule has 2 aliphatic heterocycles. The third-order valence-corrected chi connectivity index (χ3v) is 5.71. The van der Waals surface area contributed by atoms with Gasteiger partial charge in [0.15, 0.2) is 0 Å². The minimum absolute atomic E-state index is 0.125. The van der Waals surface area contributed by atoms with Gasteiger partial charge >= 0.3 is 11.9 Å².